The van der Waals surface area contributed by atoms with Crippen LogP contribution in [0.5, 0.6) is 0 Å². The van der Waals surface area contributed by atoms with E-state index in [1.807, 2.05) is 14.2 Å². The SMILES string of the molecule is COC1(c2ccccc2)CCc2c(P(c3ccccc3)c3cccc4c3CCC4(OC)c3ccccc3)cccc21. The van der Waals surface area contributed by atoms with E-state index in [1.165, 1.54) is 49.3 Å². The van der Waals surface area contributed by atoms with Crippen molar-refractivity contribution in [2.45, 2.75) is 36.9 Å². The lowest BCUT2D eigenvalue weighted by molar-refractivity contribution is 0.0237. The summed E-state index contributed by atoms with van der Waals surface area (Å²) >= 11 is 0. The number of rotatable bonds is 7. The van der Waals surface area contributed by atoms with Crippen LogP contribution in [0.25, 0.3) is 0 Å². The Morgan fingerprint density at radius 2 is 0.902 bits per heavy atom. The third-order valence-electron chi connectivity index (χ3n) is 9.30. The molecule has 0 N–H and O–H groups in total. The van der Waals surface area contributed by atoms with E-state index in [0.717, 1.165) is 25.7 Å². The molecule has 2 atom stereocenters. The smallest absolute Gasteiger partial charge is 0.118 e. The van der Waals surface area contributed by atoms with Crippen molar-refractivity contribution in [1.82, 2.24) is 0 Å². The fraction of sp³-hybridized carbons (Fsp3) is 0.211. The molecule has 0 bridgehead atoms. The summed E-state index contributed by atoms with van der Waals surface area (Å²) in [4.78, 5) is 0. The Morgan fingerprint density at radius 1 is 0.488 bits per heavy atom. The number of ether oxygens (including phenoxy) is 2. The van der Waals surface area contributed by atoms with Crippen LogP contribution in [-0.4, -0.2) is 14.2 Å². The van der Waals surface area contributed by atoms with Gasteiger partial charge in [0.15, 0.2) is 0 Å². The second kappa shape index (κ2) is 10.7. The molecular weight excluding hydrogens is 519 g/mol. The monoisotopic (exact) mass is 554 g/mol. The van der Waals surface area contributed by atoms with Gasteiger partial charge >= 0.3 is 0 Å². The maximum Gasteiger partial charge on any atom is 0.118 e. The number of methoxy groups -OCH3 is 2. The molecule has 5 aromatic carbocycles. The van der Waals surface area contributed by atoms with Crippen LogP contribution in [0.3, 0.4) is 0 Å². The second-order valence-electron chi connectivity index (χ2n) is 11.1. The van der Waals surface area contributed by atoms with Gasteiger partial charge in [0.1, 0.15) is 11.2 Å². The van der Waals surface area contributed by atoms with Crippen molar-refractivity contribution in [2.75, 3.05) is 14.2 Å². The van der Waals surface area contributed by atoms with Gasteiger partial charge in [0.25, 0.3) is 0 Å². The Hall–Kier alpha value is -3.55. The van der Waals surface area contributed by atoms with Gasteiger partial charge in [-0.05, 0) is 82.9 Å². The predicted molar refractivity (Wildman–Crippen MR) is 170 cm³/mol. The Labute approximate surface area is 244 Å². The van der Waals surface area contributed by atoms with Crippen LogP contribution in [0.1, 0.15) is 46.2 Å². The quantitative estimate of drug-likeness (QED) is 0.200. The zero-order valence-electron chi connectivity index (χ0n) is 23.7. The topological polar surface area (TPSA) is 18.5 Å². The molecule has 0 spiro atoms. The normalized spacial score (nSPS) is 21.8. The highest BCUT2D eigenvalue weighted by Gasteiger charge is 2.44. The van der Waals surface area contributed by atoms with E-state index in [4.69, 9.17) is 9.47 Å². The van der Waals surface area contributed by atoms with Gasteiger partial charge in [0, 0.05) is 14.2 Å². The molecule has 2 nitrogen and oxygen atoms in total. The molecule has 0 saturated carbocycles. The van der Waals surface area contributed by atoms with Gasteiger partial charge in [0.2, 0.25) is 0 Å². The first-order chi connectivity index (χ1) is 20.2. The lowest BCUT2D eigenvalue weighted by Gasteiger charge is -2.31. The molecule has 0 radical (unpaired) electrons. The summed E-state index contributed by atoms with van der Waals surface area (Å²) in [5.41, 5.74) is 7.16. The van der Waals surface area contributed by atoms with Crippen LogP contribution in [0.4, 0.5) is 0 Å². The van der Waals surface area contributed by atoms with Crippen molar-refractivity contribution in [3.63, 3.8) is 0 Å². The third-order valence-corrected chi connectivity index (χ3v) is 11.9. The fourth-order valence-electron chi connectivity index (χ4n) is 7.38. The minimum Gasteiger partial charge on any atom is -0.369 e. The third kappa shape index (κ3) is 4.12. The van der Waals surface area contributed by atoms with Crippen LogP contribution in [-0.2, 0) is 33.5 Å². The summed E-state index contributed by atoms with van der Waals surface area (Å²) < 4.78 is 12.8. The molecule has 7 rings (SSSR count). The molecule has 0 amide bonds. The van der Waals surface area contributed by atoms with Gasteiger partial charge in [-0.1, -0.05) is 127 Å². The van der Waals surface area contributed by atoms with Crippen LogP contribution in [0.2, 0.25) is 0 Å². The van der Waals surface area contributed by atoms with E-state index in [2.05, 4.69) is 127 Å². The van der Waals surface area contributed by atoms with Crippen molar-refractivity contribution in [2.24, 2.45) is 0 Å². The highest BCUT2D eigenvalue weighted by molar-refractivity contribution is 7.80. The molecule has 0 saturated heterocycles. The van der Waals surface area contributed by atoms with E-state index in [0.29, 0.717) is 0 Å². The van der Waals surface area contributed by atoms with E-state index in [1.54, 1.807) is 0 Å². The van der Waals surface area contributed by atoms with Gasteiger partial charge in [-0.2, -0.15) is 0 Å². The van der Waals surface area contributed by atoms with Gasteiger partial charge < -0.3 is 9.47 Å². The van der Waals surface area contributed by atoms with E-state index >= 15 is 0 Å². The minimum atomic E-state index is -0.793. The largest absolute Gasteiger partial charge is 0.369 e. The summed E-state index contributed by atoms with van der Waals surface area (Å²) in [6.45, 7) is 0. The van der Waals surface area contributed by atoms with Gasteiger partial charge in [-0.25, -0.2) is 0 Å². The molecule has 0 aromatic heterocycles. The molecule has 2 aliphatic carbocycles. The minimum absolute atomic E-state index is 0.415. The molecule has 0 fully saturated rings. The Balaban J connectivity index is 1.43. The number of hydrogen-bond acceptors (Lipinski definition) is 2. The summed E-state index contributed by atoms with van der Waals surface area (Å²) in [6.07, 6.45) is 3.90. The molecule has 0 heterocycles. The molecule has 0 aliphatic heterocycles. The first-order valence-electron chi connectivity index (χ1n) is 14.5. The van der Waals surface area contributed by atoms with Crippen molar-refractivity contribution < 1.29 is 9.47 Å². The highest BCUT2D eigenvalue weighted by Crippen LogP contribution is 2.50. The average molecular weight is 555 g/mol. The fourth-order valence-corrected chi connectivity index (χ4v) is 10.1. The van der Waals surface area contributed by atoms with E-state index < -0.39 is 19.1 Å². The van der Waals surface area contributed by atoms with Crippen molar-refractivity contribution >= 4 is 23.8 Å². The van der Waals surface area contributed by atoms with Crippen molar-refractivity contribution in [3.05, 3.63) is 161 Å². The van der Waals surface area contributed by atoms with E-state index in [-0.39, 0.29) is 0 Å². The first kappa shape index (κ1) is 26.4. The number of hydrogen-bond donors (Lipinski definition) is 0. The molecule has 5 aromatic rings. The molecule has 204 valence electrons. The molecule has 2 aliphatic rings. The molecule has 3 heteroatoms. The van der Waals surface area contributed by atoms with Crippen LogP contribution >= 0.6 is 7.92 Å². The molecule has 41 heavy (non-hydrogen) atoms. The zero-order chi connectivity index (χ0) is 27.9. The Bertz CT molecular complexity index is 1560. The van der Waals surface area contributed by atoms with Gasteiger partial charge in [-0.15, -0.1) is 0 Å². The predicted octanol–water partition coefficient (Wildman–Crippen LogP) is 7.12. The van der Waals surface area contributed by atoms with Gasteiger partial charge in [-0.3, -0.25) is 0 Å². The number of benzene rings is 5. The summed E-state index contributed by atoms with van der Waals surface area (Å²) in [5, 5.41) is 4.27. The molecule has 2 unspecified atom stereocenters. The first-order valence-corrected chi connectivity index (χ1v) is 15.9. The Kier molecular flexibility index (Phi) is 6.87. The van der Waals surface area contributed by atoms with E-state index in [9.17, 15) is 0 Å². The maximum atomic E-state index is 6.41. The van der Waals surface area contributed by atoms with Crippen LogP contribution < -0.4 is 15.9 Å². The highest BCUT2D eigenvalue weighted by atomic mass is 31.1. The summed E-state index contributed by atoms with van der Waals surface area (Å²) in [5.74, 6) is 0. The lowest BCUT2D eigenvalue weighted by Crippen LogP contribution is -2.30. The average Bonchev–Trinajstić information content (AvgIpc) is 3.64. The lowest BCUT2D eigenvalue weighted by atomic mass is 9.87. The summed E-state index contributed by atoms with van der Waals surface area (Å²) in [7, 11) is 2.94. The maximum absolute atomic E-state index is 6.41. The van der Waals surface area contributed by atoms with Crippen molar-refractivity contribution in [1.29, 1.82) is 0 Å². The zero-order valence-corrected chi connectivity index (χ0v) is 24.6. The second-order valence-corrected chi connectivity index (χ2v) is 13.2. The standard InChI is InChI=1S/C38H35O2P/c1-39-37(28-14-6-3-7-15-28)26-24-31-33(37)20-12-22-35(31)41(30-18-10-5-11-19-30)36-23-13-21-34-32(36)25-27-38(34,40-2)29-16-8-4-9-17-29/h3-23H,24-27H2,1-2H3. The van der Waals surface area contributed by atoms with Gasteiger partial charge in [0.05, 0.1) is 0 Å². The molecular formula is C38H35O2P. The number of fused-ring (bicyclic) bond motifs is 2. The van der Waals surface area contributed by atoms with Crippen molar-refractivity contribution in [3.8, 4) is 0 Å². The Morgan fingerprint density at radius 3 is 1.32 bits per heavy atom. The van der Waals surface area contributed by atoms with Crippen LogP contribution in [0.15, 0.2) is 127 Å². The summed E-state index contributed by atoms with van der Waals surface area (Å²) in [6, 6.07) is 46.5. The van der Waals surface area contributed by atoms with Crippen LogP contribution in [0, 0.1) is 0 Å².